The molecule has 124 valence electrons. The molecule has 2 aromatic rings. The van der Waals surface area contributed by atoms with Crippen LogP contribution in [-0.4, -0.2) is 23.0 Å². The van der Waals surface area contributed by atoms with Gasteiger partial charge in [-0.1, -0.05) is 23.7 Å². The van der Waals surface area contributed by atoms with Crippen LogP contribution in [-0.2, 0) is 11.3 Å². The lowest BCUT2D eigenvalue weighted by atomic mass is 9.93. The van der Waals surface area contributed by atoms with Crippen molar-refractivity contribution in [1.29, 1.82) is 0 Å². The van der Waals surface area contributed by atoms with Crippen molar-refractivity contribution in [2.75, 3.05) is 0 Å². The number of rotatable bonds is 3. The summed E-state index contributed by atoms with van der Waals surface area (Å²) in [5.74, 6) is -0.719. The number of nitrogens with zero attached hydrogens (tertiary/aromatic N) is 1. The maximum atomic E-state index is 12.6. The molecular formula is C18H17ClN2O3. The van der Waals surface area contributed by atoms with E-state index in [1.165, 1.54) is 0 Å². The Bertz CT molecular complexity index is 829. The first-order valence-corrected chi connectivity index (χ1v) is 8.05. The molecule has 0 radical (unpaired) electrons. The van der Waals surface area contributed by atoms with Gasteiger partial charge in [0.1, 0.15) is 0 Å². The molecule has 0 unspecified atom stereocenters. The normalized spacial score (nSPS) is 13.0. The van der Waals surface area contributed by atoms with Crippen LogP contribution in [0.2, 0.25) is 5.02 Å². The molecule has 0 fully saturated rings. The first kappa shape index (κ1) is 16.5. The Morgan fingerprint density at radius 3 is 2.54 bits per heavy atom. The second-order valence-corrected chi connectivity index (χ2v) is 6.35. The molecule has 1 aliphatic heterocycles. The number of hydrogen-bond donors (Lipinski definition) is 1. The number of halogens is 1. The maximum Gasteiger partial charge on any atom is 0.340 e. The van der Waals surface area contributed by atoms with Gasteiger partial charge >= 0.3 is 5.97 Å². The highest BCUT2D eigenvalue weighted by molar-refractivity contribution is 6.30. The van der Waals surface area contributed by atoms with E-state index < -0.39 is 5.97 Å². The van der Waals surface area contributed by atoms with Crippen LogP contribution in [0.25, 0.3) is 11.1 Å². The van der Waals surface area contributed by atoms with Crippen molar-refractivity contribution in [3.8, 4) is 11.1 Å². The van der Waals surface area contributed by atoms with Crippen molar-refractivity contribution >= 4 is 23.5 Å². The molecule has 0 bridgehead atoms. The Morgan fingerprint density at radius 2 is 1.92 bits per heavy atom. The average Bonchev–Trinajstić information content (AvgIpc) is 2.87. The predicted octanol–water partition coefficient (Wildman–Crippen LogP) is 3.52. The Morgan fingerprint density at radius 1 is 1.25 bits per heavy atom. The number of aryl methyl sites for hydroxylation is 1. The zero-order valence-corrected chi connectivity index (χ0v) is 14.4. The summed E-state index contributed by atoms with van der Waals surface area (Å²) in [6.07, 6.45) is -0.267. The summed E-state index contributed by atoms with van der Waals surface area (Å²) >= 11 is 5.96. The van der Waals surface area contributed by atoms with Crippen molar-refractivity contribution in [3.05, 3.63) is 51.8 Å². The van der Waals surface area contributed by atoms with Gasteiger partial charge in [0.15, 0.2) is 0 Å². The first-order chi connectivity index (χ1) is 11.4. The smallest absolute Gasteiger partial charge is 0.340 e. The lowest BCUT2D eigenvalue weighted by Crippen LogP contribution is -2.18. The third-order valence-corrected chi connectivity index (χ3v) is 4.03. The minimum atomic E-state index is -0.484. The summed E-state index contributed by atoms with van der Waals surface area (Å²) in [5.41, 5.74) is 3.22. The van der Waals surface area contributed by atoms with E-state index in [0.717, 1.165) is 5.56 Å². The largest absolute Gasteiger partial charge is 0.459 e. The molecule has 6 heteroatoms. The molecule has 1 aromatic heterocycles. The van der Waals surface area contributed by atoms with Crippen molar-refractivity contribution < 1.29 is 14.3 Å². The molecule has 1 amide bonds. The molecule has 5 nitrogen and oxygen atoms in total. The Labute approximate surface area is 145 Å². The molecule has 0 saturated carbocycles. The second kappa shape index (κ2) is 6.24. The van der Waals surface area contributed by atoms with E-state index in [1.807, 2.05) is 0 Å². The second-order valence-electron chi connectivity index (χ2n) is 5.91. The molecule has 24 heavy (non-hydrogen) atoms. The number of esters is 1. The zero-order chi connectivity index (χ0) is 17.4. The lowest BCUT2D eigenvalue weighted by Gasteiger charge is -2.16. The van der Waals surface area contributed by atoms with Crippen molar-refractivity contribution in [2.45, 2.75) is 33.4 Å². The number of carbonyl (C=O) groups is 2. The number of fused-ring (bicyclic) bond motifs is 1. The van der Waals surface area contributed by atoms with Gasteiger partial charge in [-0.25, -0.2) is 4.79 Å². The van der Waals surface area contributed by atoms with Crippen molar-refractivity contribution in [3.63, 3.8) is 0 Å². The van der Waals surface area contributed by atoms with Gasteiger partial charge in [-0.15, -0.1) is 0 Å². The first-order valence-electron chi connectivity index (χ1n) is 7.67. The summed E-state index contributed by atoms with van der Waals surface area (Å²) in [7, 11) is 0. The van der Waals surface area contributed by atoms with Gasteiger partial charge < -0.3 is 10.1 Å². The highest BCUT2D eigenvalue weighted by Gasteiger charge is 2.31. The number of ether oxygens (including phenoxy) is 1. The number of aromatic nitrogens is 1. The molecule has 1 N–H and O–H groups in total. The highest BCUT2D eigenvalue weighted by atomic mass is 35.5. The molecule has 0 spiro atoms. The van der Waals surface area contributed by atoms with Gasteiger partial charge in [-0.2, -0.15) is 0 Å². The van der Waals surface area contributed by atoms with Crippen LogP contribution in [0.5, 0.6) is 0 Å². The van der Waals surface area contributed by atoms with Crippen LogP contribution < -0.4 is 5.32 Å². The number of benzene rings is 1. The minimum Gasteiger partial charge on any atom is -0.459 e. The number of hydrogen-bond acceptors (Lipinski definition) is 4. The molecule has 1 aromatic carbocycles. The van der Waals surface area contributed by atoms with Crippen LogP contribution >= 0.6 is 11.6 Å². The van der Waals surface area contributed by atoms with E-state index in [-0.39, 0.29) is 12.0 Å². The third kappa shape index (κ3) is 2.87. The highest BCUT2D eigenvalue weighted by Crippen LogP contribution is 2.34. The van der Waals surface area contributed by atoms with E-state index in [9.17, 15) is 9.59 Å². The van der Waals surface area contributed by atoms with E-state index in [1.54, 1.807) is 45.0 Å². The minimum absolute atomic E-state index is 0.235. The van der Waals surface area contributed by atoms with E-state index in [4.69, 9.17) is 16.3 Å². The Hall–Kier alpha value is -2.40. The molecule has 3 rings (SSSR count). The van der Waals surface area contributed by atoms with Gasteiger partial charge in [0.2, 0.25) is 0 Å². The lowest BCUT2D eigenvalue weighted by molar-refractivity contribution is 0.0377. The fourth-order valence-electron chi connectivity index (χ4n) is 2.82. The van der Waals surface area contributed by atoms with Crippen molar-refractivity contribution in [1.82, 2.24) is 10.3 Å². The number of pyridine rings is 1. The SMILES string of the molecule is Cc1nc2c(c(-c3ccc(Cl)cc3)c1C(=O)OC(C)C)C(=O)NC2. The maximum absolute atomic E-state index is 12.6. The van der Waals surface area contributed by atoms with Crippen LogP contribution in [0, 0.1) is 6.92 Å². The van der Waals surface area contributed by atoms with E-state index in [2.05, 4.69) is 10.3 Å². The van der Waals surface area contributed by atoms with Crippen LogP contribution in [0.3, 0.4) is 0 Å². The molecular weight excluding hydrogens is 328 g/mol. The van der Waals surface area contributed by atoms with Gasteiger partial charge in [0, 0.05) is 10.6 Å². The van der Waals surface area contributed by atoms with Gasteiger partial charge in [-0.05, 0) is 38.5 Å². The van der Waals surface area contributed by atoms with E-state index in [0.29, 0.717) is 39.6 Å². The predicted molar refractivity (Wildman–Crippen MR) is 91.1 cm³/mol. The molecule has 0 atom stereocenters. The fraction of sp³-hybridized carbons (Fsp3) is 0.278. The quantitative estimate of drug-likeness (QED) is 0.865. The topological polar surface area (TPSA) is 68.3 Å². The number of amides is 1. The van der Waals surface area contributed by atoms with Gasteiger partial charge in [0.05, 0.1) is 35.2 Å². The standard InChI is InChI=1S/C18H17ClN2O3/c1-9(2)24-18(23)14-10(3)21-13-8-20-17(22)16(13)15(14)11-4-6-12(19)7-5-11/h4-7,9H,8H2,1-3H3,(H,20,22). The van der Waals surface area contributed by atoms with Crippen molar-refractivity contribution in [2.24, 2.45) is 0 Å². The summed E-state index contributed by atoms with van der Waals surface area (Å²) < 4.78 is 5.36. The van der Waals surface area contributed by atoms with Gasteiger partial charge in [-0.3, -0.25) is 9.78 Å². The number of nitrogens with one attached hydrogen (secondary N) is 1. The van der Waals surface area contributed by atoms with Crippen LogP contribution in [0.15, 0.2) is 24.3 Å². The molecule has 1 aliphatic rings. The zero-order valence-electron chi connectivity index (χ0n) is 13.6. The average molecular weight is 345 g/mol. The summed E-state index contributed by atoms with van der Waals surface area (Å²) in [6.45, 7) is 5.67. The third-order valence-electron chi connectivity index (χ3n) is 3.78. The van der Waals surface area contributed by atoms with E-state index >= 15 is 0 Å². The summed E-state index contributed by atoms with van der Waals surface area (Å²) in [5, 5.41) is 3.34. The fourth-order valence-corrected chi connectivity index (χ4v) is 2.94. The monoisotopic (exact) mass is 344 g/mol. The Balaban J connectivity index is 2.28. The summed E-state index contributed by atoms with van der Waals surface area (Å²) in [4.78, 5) is 29.4. The number of carbonyl (C=O) groups excluding carboxylic acids is 2. The van der Waals surface area contributed by atoms with Gasteiger partial charge in [0.25, 0.3) is 5.91 Å². The van der Waals surface area contributed by atoms with Crippen LogP contribution in [0.4, 0.5) is 0 Å². The Kier molecular flexibility index (Phi) is 4.28. The molecule has 2 heterocycles. The molecule has 0 saturated heterocycles. The summed E-state index contributed by atoms with van der Waals surface area (Å²) in [6, 6.07) is 7.03. The molecule has 0 aliphatic carbocycles. The van der Waals surface area contributed by atoms with Crippen LogP contribution in [0.1, 0.15) is 46.0 Å².